The average Bonchev–Trinajstić information content (AvgIpc) is 2.62. The van der Waals surface area contributed by atoms with Crippen LogP contribution in [0.4, 0.5) is 10.5 Å². The SMILES string of the molecule is CCCCOc1cccc(NC(=O)Oc2cccc3cccnc23)c1. The van der Waals surface area contributed by atoms with E-state index in [1.54, 1.807) is 24.4 Å². The number of ether oxygens (including phenoxy) is 2. The molecule has 1 amide bonds. The lowest BCUT2D eigenvalue weighted by Crippen LogP contribution is -2.17. The number of nitrogens with zero attached hydrogens (tertiary/aromatic N) is 1. The van der Waals surface area contributed by atoms with Crippen molar-refractivity contribution < 1.29 is 14.3 Å². The molecule has 128 valence electrons. The summed E-state index contributed by atoms with van der Waals surface area (Å²) in [5, 5.41) is 3.63. The van der Waals surface area contributed by atoms with Crippen molar-refractivity contribution >= 4 is 22.7 Å². The predicted octanol–water partition coefficient (Wildman–Crippen LogP) is 5.02. The maximum atomic E-state index is 12.2. The number of amides is 1. The van der Waals surface area contributed by atoms with Gasteiger partial charge in [-0.2, -0.15) is 0 Å². The summed E-state index contributed by atoms with van der Waals surface area (Å²) in [5.41, 5.74) is 1.27. The van der Waals surface area contributed by atoms with Crippen molar-refractivity contribution in [2.45, 2.75) is 19.8 Å². The maximum Gasteiger partial charge on any atom is 0.417 e. The first kappa shape index (κ1) is 16.8. The summed E-state index contributed by atoms with van der Waals surface area (Å²) in [6, 6.07) is 16.5. The van der Waals surface area contributed by atoms with Crippen LogP contribution in [-0.4, -0.2) is 17.7 Å². The first-order valence-corrected chi connectivity index (χ1v) is 8.31. The summed E-state index contributed by atoms with van der Waals surface area (Å²) in [4.78, 5) is 16.5. The van der Waals surface area contributed by atoms with Crippen LogP contribution in [-0.2, 0) is 0 Å². The molecule has 1 N–H and O–H groups in total. The van der Waals surface area contributed by atoms with Crippen LogP contribution in [0.5, 0.6) is 11.5 Å². The van der Waals surface area contributed by atoms with E-state index >= 15 is 0 Å². The van der Waals surface area contributed by atoms with E-state index in [-0.39, 0.29) is 0 Å². The Hall–Kier alpha value is -3.08. The third-order valence-electron chi connectivity index (χ3n) is 3.65. The Morgan fingerprint density at radius 2 is 1.96 bits per heavy atom. The quantitative estimate of drug-likeness (QED) is 0.642. The molecular formula is C20H20N2O3. The molecule has 0 saturated carbocycles. The van der Waals surface area contributed by atoms with E-state index in [1.165, 1.54) is 0 Å². The van der Waals surface area contributed by atoms with Crippen LogP contribution in [0.15, 0.2) is 60.8 Å². The van der Waals surface area contributed by atoms with E-state index in [9.17, 15) is 4.79 Å². The Kier molecular flexibility index (Phi) is 5.46. The molecular weight excluding hydrogens is 316 g/mol. The van der Waals surface area contributed by atoms with Crippen LogP contribution in [0.25, 0.3) is 10.9 Å². The van der Waals surface area contributed by atoms with Gasteiger partial charge in [0.2, 0.25) is 0 Å². The summed E-state index contributed by atoms with van der Waals surface area (Å²) < 4.78 is 11.1. The molecule has 0 bridgehead atoms. The molecule has 0 aliphatic carbocycles. The molecule has 0 saturated heterocycles. The highest BCUT2D eigenvalue weighted by molar-refractivity contribution is 5.91. The minimum absolute atomic E-state index is 0.422. The fraction of sp³-hybridized carbons (Fsp3) is 0.200. The second-order valence-electron chi connectivity index (χ2n) is 5.58. The molecule has 3 aromatic rings. The number of anilines is 1. The number of nitrogens with one attached hydrogen (secondary N) is 1. The lowest BCUT2D eigenvalue weighted by atomic mass is 10.2. The van der Waals surface area contributed by atoms with Gasteiger partial charge in [-0.25, -0.2) is 4.79 Å². The number of unbranched alkanes of at least 4 members (excludes halogenated alkanes) is 1. The fourth-order valence-corrected chi connectivity index (χ4v) is 2.40. The third-order valence-corrected chi connectivity index (χ3v) is 3.65. The number of carbonyl (C=O) groups excluding carboxylic acids is 1. The molecule has 0 radical (unpaired) electrons. The standard InChI is InChI=1S/C20H20N2O3/c1-2-3-13-24-17-10-5-9-16(14-17)22-20(23)25-18-11-4-7-15-8-6-12-21-19(15)18/h4-12,14H,2-3,13H2,1H3,(H,22,23). The monoisotopic (exact) mass is 336 g/mol. The lowest BCUT2D eigenvalue weighted by molar-refractivity contribution is 0.215. The van der Waals surface area contributed by atoms with Crippen molar-refractivity contribution in [3.63, 3.8) is 0 Å². The van der Waals surface area contributed by atoms with Gasteiger partial charge >= 0.3 is 6.09 Å². The van der Waals surface area contributed by atoms with Gasteiger partial charge in [0.15, 0.2) is 5.75 Å². The third kappa shape index (κ3) is 4.47. The van der Waals surface area contributed by atoms with Crippen molar-refractivity contribution in [2.75, 3.05) is 11.9 Å². The highest BCUT2D eigenvalue weighted by atomic mass is 16.6. The van der Waals surface area contributed by atoms with Crippen LogP contribution in [0.1, 0.15) is 19.8 Å². The number of hydrogen-bond acceptors (Lipinski definition) is 4. The van der Waals surface area contributed by atoms with Gasteiger partial charge in [0, 0.05) is 23.3 Å². The van der Waals surface area contributed by atoms with Gasteiger partial charge in [0.05, 0.1) is 6.61 Å². The number of hydrogen-bond donors (Lipinski definition) is 1. The normalized spacial score (nSPS) is 10.4. The minimum Gasteiger partial charge on any atom is -0.494 e. The van der Waals surface area contributed by atoms with Crippen LogP contribution >= 0.6 is 0 Å². The van der Waals surface area contributed by atoms with Gasteiger partial charge < -0.3 is 9.47 Å². The van der Waals surface area contributed by atoms with Crippen molar-refractivity contribution in [1.29, 1.82) is 0 Å². The molecule has 0 unspecified atom stereocenters. The van der Waals surface area contributed by atoms with Crippen LogP contribution in [0.3, 0.4) is 0 Å². The molecule has 5 nitrogen and oxygen atoms in total. The summed E-state index contributed by atoms with van der Waals surface area (Å²) in [6.07, 6.45) is 3.17. The molecule has 0 aliphatic rings. The molecule has 2 aromatic carbocycles. The zero-order valence-electron chi connectivity index (χ0n) is 14.1. The predicted molar refractivity (Wildman–Crippen MR) is 98.2 cm³/mol. The molecule has 1 aromatic heterocycles. The number of carbonyl (C=O) groups is 1. The molecule has 3 rings (SSSR count). The molecule has 0 atom stereocenters. The fourth-order valence-electron chi connectivity index (χ4n) is 2.40. The molecule has 5 heteroatoms. The van der Waals surface area contributed by atoms with Crippen molar-refractivity contribution in [3.05, 3.63) is 60.8 Å². The largest absolute Gasteiger partial charge is 0.494 e. The lowest BCUT2D eigenvalue weighted by Gasteiger charge is -2.10. The van der Waals surface area contributed by atoms with Gasteiger partial charge in [-0.3, -0.25) is 10.3 Å². The molecule has 1 heterocycles. The minimum atomic E-state index is -0.566. The number of rotatable bonds is 6. The number of pyridine rings is 1. The van der Waals surface area contributed by atoms with E-state index in [2.05, 4.69) is 17.2 Å². The second kappa shape index (κ2) is 8.15. The topological polar surface area (TPSA) is 60.5 Å². The summed E-state index contributed by atoms with van der Waals surface area (Å²) >= 11 is 0. The van der Waals surface area contributed by atoms with E-state index in [1.807, 2.05) is 36.4 Å². The van der Waals surface area contributed by atoms with Crippen LogP contribution < -0.4 is 14.8 Å². The summed E-state index contributed by atoms with van der Waals surface area (Å²) in [6.45, 7) is 2.77. The first-order valence-electron chi connectivity index (χ1n) is 8.31. The van der Waals surface area contributed by atoms with Crippen LogP contribution in [0.2, 0.25) is 0 Å². The van der Waals surface area contributed by atoms with E-state index in [4.69, 9.17) is 9.47 Å². The van der Waals surface area contributed by atoms with Gasteiger partial charge in [0.25, 0.3) is 0 Å². The zero-order chi connectivity index (χ0) is 17.5. The summed E-state index contributed by atoms with van der Waals surface area (Å²) in [5.74, 6) is 1.14. The van der Waals surface area contributed by atoms with Crippen molar-refractivity contribution in [2.24, 2.45) is 0 Å². The zero-order valence-corrected chi connectivity index (χ0v) is 14.1. The van der Waals surface area contributed by atoms with E-state index < -0.39 is 6.09 Å². The Morgan fingerprint density at radius 3 is 2.84 bits per heavy atom. The molecule has 25 heavy (non-hydrogen) atoms. The van der Waals surface area contributed by atoms with Crippen molar-refractivity contribution in [1.82, 2.24) is 4.98 Å². The Bertz CT molecular complexity index is 859. The number of benzene rings is 2. The van der Waals surface area contributed by atoms with E-state index in [0.29, 0.717) is 23.6 Å². The number of para-hydroxylation sites is 1. The van der Waals surface area contributed by atoms with Gasteiger partial charge in [0.1, 0.15) is 11.3 Å². The molecule has 0 spiro atoms. The van der Waals surface area contributed by atoms with E-state index in [0.717, 1.165) is 24.0 Å². The van der Waals surface area contributed by atoms with Gasteiger partial charge in [-0.1, -0.05) is 37.6 Å². The van der Waals surface area contributed by atoms with Gasteiger partial charge in [-0.15, -0.1) is 0 Å². The smallest absolute Gasteiger partial charge is 0.417 e. The first-order chi connectivity index (χ1) is 12.3. The Labute approximate surface area is 146 Å². The molecule has 0 fully saturated rings. The summed E-state index contributed by atoms with van der Waals surface area (Å²) in [7, 11) is 0. The average molecular weight is 336 g/mol. The molecule has 0 aliphatic heterocycles. The maximum absolute atomic E-state index is 12.2. The highest BCUT2D eigenvalue weighted by Crippen LogP contribution is 2.24. The Balaban J connectivity index is 1.67. The number of fused-ring (bicyclic) bond motifs is 1. The van der Waals surface area contributed by atoms with Crippen LogP contribution in [0, 0.1) is 0 Å². The van der Waals surface area contributed by atoms with Crippen molar-refractivity contribution in [3.8, 4) is 11.5 Å². The highest BCUT2D eigenvalue weighted by Gasteiger charge is 2.09. The van der Waals surface area contributed by atoms with Gasteiger partial charge in [-0.05, 0) is 30.7 Å². The second-order valence-corrected chi connectivity index (χ2v) is 5.58. The number of aromatic nitrogens is 1. The Morgan fingerprint density at radius 1 is 1.12 bits per heavy atom.